The molecule has 24 heavy (non-hydrogen) atoms. The minimum Gasteiger partial charge on any atom is -0.357 e. The van der Waals surface area contributed by atoms with Crippen molar-refractivity contribution < 1.29 is 0 Å². The molecule has 124 valence electrons. The minimum absolute atomic E-state index is 0.667. The molecule has 1 heterocycles. The molecule has 0 aliphatic rings. The molecule has 0 radical (unpaired) electrons. The zero-order valence-corrected chi connectivity index (χ0v) is 13.9. The van der Waals surface area contributed by atoms with Crippen molar-refractivity contribution in [3.63, 3.8) is 0 Å². The number of guanidine groups is 1. The van der Waals surface area contributed by atoms with Crippen LogP contribution in [0.3, 0.4) is 0 Å². The lowest BCUT2D eigenvalue weighted by Crippen LogP contribution is -2.38. The van der Waals surface area contributed by atoms with Crippen LogP contribution in [0.25, 0.3) is 11.0 Å². The first kappa shape index (κ1) is 16.1. The zero-order valence-electron chi connectivity index (χ0n) is 13.9. The second kappa shape index (κ2) is 8.15. The third kappa shape index (κ3) is 4.35. The van der Waals surface area contributed by atoms with Gasteiger partial charge in [-0.25, -0.2) is 9.98 Å². The molecule has 0 amide bonds. The molecule has 0 bridgehead atoms. The number of fused-ring (bicyclic) bond motifs is 1. The summed E-state index contributed by atoms with van der Waals surface area (Å²) in [5, 5.41) is 6.64. The average molecular weight is 321 g/mol. The maximum absolute atomic E-state index is 4.62. The zero-order chi connectivity index (χ0) is 16.6. The number of nitrogens with one attached hydrogen (secondary N) is 3. The number of rotatable bonds is 6. The number of imidazole rings is 1. The van der Waals surface area contributed by atoms with Gasteiger partial charge >= 0.3 is 0 Å². The molecule has 3 N–H and O–H groups in total. The van der Waals surface area contributed by atoms with Crippen molar-refractivity contribution in [1.29, 1.82) is 0 Å². The summed E-state index contributed by atoms with van der Waals surface area (Å²) in [5.41, 5.74) is 3.29. The molecule has 0 fully saturated rings. The first-order chi connectivity index (χ1) is 11.8. The summed E-state index contributed by atoms with van der Waals surface area (Å²) in [6, 6.07) is 18.3. The maximum Gasteiger partial charge on any atom is 0.191 e. The van der Waals surface area contributed by atoms with Gasteiger partial charge in [-0.05, 0) is 24.6 Å². The molecule has 0 spiro atoms. The van der Waals surface area contributed by atoms with Crippen molar-refractivity contribution in [3.05, 3.63) is 66.0 Å². The second-order valence-electron chi connectivity index (χ2n) is 5.56. The number of benzene rings is 2. The first-order valence-corrected chi connectivity index (χ1v) is 8.35. The van der Waals surface area contributed by atoms with Gasteiger partial charge in [0.05, 0.1) is 17.6 Å². The molecule has 2 aromatic carbocycles. The molecular weight excluding hydrogens is 298 g/mol. The Labute approximate surface area is 142 Å². The highest BCUT2D eigenvalue weighted by molar-refractivity contribution is 5.79. The van der Waals surface area contributed by atoms with Crippen LogP contribution in [0.4, 0.5) is 0 Å². The van der Waals surface area contributed by atoms with E-state index in [1.54, 1.807) is 0 Å². The molecule has 5 nitrogen and oxygen atoms in total. The van der Waals surface area contributed by atoms with Gasteiger partial charge in [0.15, 0.2) is 5.96 Å². The number of aromatic nitrogens is 2. The predicted molar refractivity (Wildman–Crippen MR) is 99.1 cm³/mol. The fourth-order valence-corrected chi connectivity index (χ4v) is 2.52. The van der Waals surface area contributed by atoms with Gasteiger partial charge in [0.25, 0.3) is 0 Å². The number of aromatic amines is 1. The molecule has 0 saturated carbocycles. The Morgan fingerprint density at radius 2 is 1.83 bits per heavy atom. The van der Waals surface area contributed by atoms with E-state index < -0.39 is 0 Å². The van der Waals surface area contributed by atoms with Crippen molar-refractivity contribution in [2.45, 2.75) is 19.9 Å². The van der Waals surface area contributed by atoms with E-state index in [0.29, 0.717) is 6.54 Å². The lowest BCUT2D eigenvalue weighted by atomic mass is 10.2. The Morgan fingerprint density at radius 3 is 2.62 bits per heavy atom. The van der Waals surface area contributed by atoms with Gasteiger partial charge in [0.1, 0.15) is 5.82 Å². The van der Waals surface area contributed by atoms with Crippen LogP contribution in [0.2, 0.25) is 0 Å². The highest BCUT2D eigenvalue weighted by Crippen LogP contribution is 2.10. The van der Waals surface area contributed by atoms with E-state index in [2.05, 4.69) is 44.7 Å². The van der Waals surface area contributed by atoms with Crippen LogP contribution in [0.15, 0.2) is 59.6 Å². The second-order valence-corrected chi connectivity index (χ2v) is 5.56. The van der Waals surface area contributed by atoms with Crippen molar-refractivity contribution in [2.24, 2.45) is 4.99 Å². The highest BCUT2D eigenvalue weighted by Gasteiger charge is 2.03. The normalized spacial score (nSPS) is 11.6. The molecule has 3 rings (SSSR count). The van der Waals surface area contributed by atoms with Gasteiger partial charge < -0.3 is 15.6 Å². The SMILES string of the molecule is CCNC(=NCc1ccccc1)NCCc1nc2ccccc2[nH]1. The smallest absolute Gasteiger partial charge is 0.191 e. The molecule has 0 atom stereocenters. The average Bonchev–Trinajstić information content (AvgIpc) is 3.03. The standard InChI is InChI=1S/C19H23N5/c1-2-20-19(22-14-15-8-4-3-5-9-15)21-13-12-18-23-16-10-6-7-11-17(16)24-18/h3-11H,2,12-14H2,1H3,(H,23,24)(H2,20,21,22). The van der Waals surface area contributed by atoms with Gasteiger partial charge in [-0.2, -0.15) is 0 Å². The van der Waals surface area contributed by atoms with Crippen LogP contribution in [0.5, 0.6) is 0 Å². The van der Waals surface area contributed by atoms with Crippen LogP contribution in [-0.4, -0.2) is 29.0 Å². The Kier molecular flexibility index (Phi) is 5.45. The van der Waals surface area contributed by atoms with E-state index in [-0.39, 0.29) is 0 Å². The Bertz CT molecular complexity index is 759. The minimum atomic E-state index is 0.667. The molecule has 1 aromatic heterocycles. The third-order valence-corrected chi connectivity index (χ3v) is 3.70. The highest BCUT2D eigenvalue weighted by atomic mass is 15.2. The summed E-state index contributed by atoms with van der Waals surface area (Å²) >= 11 is 0. The van der Waals surface area contributed by atoms with Crippen molar-refractivity contribution in [3.8, 4) is 0 Å². The number of nitrogens with zero attached hydrogens (tertiary/aromatic N) is 2. The summed E-state index contributed by atoms with van der Waals surface area (Å²) in [5.74, 6) is 1.82. The van der Waals surface area contributed by atoms with E-state index in [0.717, 1.165) is 42.3 Å². The largest absolute Gasteiger partial charge is 0.357 e. The van der Waals surface area contributed by atoms with Gasteiger partial charge in [0, 0.05) is 19.5 Å². The quantitative estimate of drug-likeness (QED) is 0.483. The first-order valence-electron chi connectivity index (χ1n) is 8.35. The Balaban J connectivity index is 1.55. The molecule has 0 saturated heterocycles. The summed E-state index contributed by atoms with van der Waals surface area (Å²) < 4.78 is 0. The number of hydrogen-bond acceptors (Lipinski definition) is 2. The number of hydrogen-bond donors (Lipinski definition) is 3. The van der Waals surface area contributed by atoms with E-state index >= 15 is 0 Å². The third-order valence-electron chi connectivity index (χ3n) is 3.70. The monoisotopic (exact) mass is 321 g/mol. The van der Waals surface area contributed by atoms with E-state index in [9.17, 15) is 0 Å². The van der Waals surface area contributed by atoms with E-state index in [1.165, 1.54) is 5.56 Å². The van der Waals surface area contributed by atoms with Crippen molar-refractivity contribution in [1.82, 2.24) is 20.6 Å². The number of aliphatic imine (C=N–C) groups is 1. The van der Waals surface area contributed by atoms with Crippen molar-refractivity contribution >= 4 is 17.0 Å². The molecule has 0 aliphatic heterocycles. The van der Waals surface area contributed by atoms with Gasteiger partial charge in [-0.3, -0.25) is 0 Å². The van der Waals surface area contributed by atoms with Crippen LogP contribution in [-0.2, 0) is 13.0 Å². The summed E-state index contributed by atoms with van der Waals surface area (Å²) in [7, 11) is 0. The molecule has 0 unspecified atom stereocenters. The fraction of sp³-hybridized carbons (Fsp3) is 0.263. The van der Waals surface area contributed by atoms with Crippen LogP contribution < -0.4 is 10.6 Å². The summed E-state index contributed by atoms with van der Waals surface area (Å²) in [4.78, 5) is 12.6. The molecular formula is C19H23N5. The topological polar surface area (TPSA) is 65.1 Å². The molecule has 0 aliphatic carbocycles. The number of para-hydroxylation sites is 2. The summed E-state index contributed by atoms with van der Waals surface area (Å²) in [6.45, 7) is 4.35. The van der Waals surface area contributed by atoms with Crippen LogP contribution >= 0.6 is 0 Å². The van der Waals surface area contributed by atoms with E-state index in [1.807, 2.05) is 42.5 Å². The molecule has 3 aromatic rings. The lowest BCUT2D eigenvalue weighted by Gasteiger charge is -2.10. The summed E-state index contributed by atoms with van der Waals surface area (Å²) in [6.07, 6.45) is 0.824. The van der Waals surface area contributed by atoms with Crippen molar-refractivity contribution in [2.75, 3.05) is 13.1 Å². The fourth-order valence-electron chi connectivity index (χ4n) is 2.52. The van der Waals surface area contributed by atoms with Crippen LogP contribution in [0.1, 0.15) is 18.3 Å². The predicted octanol–water partition coefficient (Wildman–Crippen LogP) is 2.86. The van der Waals surface area contributed by atoms with Crippen LogP contribution in [0, 0.1) is 0 Å². The Hall–Kier alpha value is -2.82. The van der Waals surface area contributed by atoms with Gasteiger partial charge in [0.2, 0.25) is 0 Å². The van der Waals surface area contributed by atoms with Gasteiger partial charge in [-0.15, -0.1) is 0 Å². The van der Waals surface area contributed by atoms with E-state index in [4.69, 9.17) is 0 Å². The maximum atomic E-state index is 4.62. The molecule has 5 heteroatoms. The van der Waals surface area contributed by atoms with Gasteiger partial charge in [-0.1, -0.05) is 42.5 Å². The lowest BCUT2D eigenvalue weighted by molar-refractivity contribution is 0.780. The number of H-pyrrole nitrogens is 1. The Morgan fingerprint density at radius 1 is 1.04 bits per heavy atom.